The molecule has 2 bridgehead atoms. The molecular formula is C21H28O4. The summed E-state index contributed by atoms with van der Waals surface area (Å²) in [5.41, 5.74) is 3.66. The van der Waals surface area contributed by atoms with Crippen molar-refractivity contribution in [2.45, 2.75) is 77.1 Å². The van der Waals surface area contributed by atoms with Crippen molar-refractivity contribution in [2.24, 2.45) is 22.7 Å². The number of aliphatic hydroxyl groups is 2. The van der Waals surface area contributed by atoms with E-state index in [1.807, 2.05) is 0 Å². The summed E-state index contributed by atoms with van der Waals surface area (Å²) in [6.07, 6.45) is 6.68. The number of aliphatic hydroxyl groups excluding tert-OH is 2. The second kappa shape index (κ2) is 4.98. The monoisotopic (exact) mass is 344 g/mol. The van der Waals surface area contributed by atoms with Crippen LogP contribution in [0.2, 0.25) is 0 Å². The van der Waals surface area contributed by atoms with Crippen LogP contribution in [0.25, 0.3) is 0 Å². The Balaban J connectivity index is 1.61. The molecule has 1 spiro atoms. The Labute approximate surface area is 148 Å². The van der Waals surface area contributed by atoms with Gasteiger partial charge in [0.25, 0.3) is 0 Å². The second-order valence-electron chi connectivity index (χ2n) is 9.12. The highest BCUT2D eigenvalue weighted by Gasteiger charge is 2.67. The van der Waals surface area contributed by atoms with Crippen LogP contribution in [0.1, 0.15) is 58.8 Å². The molecule has 7 atom stereocenters. The van der Waals surface area contributed by atoms with Crippen molar-refractivity contribution >= 4 is 5.97 Å². The predicted molar refractivity (Wildman–Crippen MR) is 92.5 cm³/mol. The summed E-state index contributed by atoms with van der Waals surface area (Å²) in [7, 11) is 0. The Bertz CT molecular complexity index is 707. The zero-order valence-corrected chi connectivity index (χ0v) is 15.1. The molecule has 136 valence electrons. The van der Waals surface area contributed by atoms with Gasteiger partial charge in [0, 0.05) is 6.42 Å². The smallest absolute Gasteiger partial charge is 0.317 e. The number of carbonyl (C=O) groups excluding carboxylic acids is 1. The molecule has 7 unspecified atom stereocenters. The molecule has 5 aliphatic rings. The number of hydrogen-bond acceptors (Lipinski definition) is 4. The van der Waals surface area contributed by atoms with Crippen LogP contribution < -0.4 is 0 Å². The molecule has 0 aromatic heterocycles. The number of esters is 1. The SMILES string of the molecule is CCC1(C)CCC2=C1CCC1C2CC=C2C(O)C(O)C3CC21C(=O)O3. The molecule has 1 saturated heterocycles. The summed E-state index contributed by atoms with van der Waals surface area (Å²) in [6.45, 7) is 4.69. The van der Waals surface area contributed by atoms with Gasteiger partial charge in [-0.25, -0.2) is 0 Å². The van der Waals surface area contributed by atoms with Gasteiger partial charge in [-0.3, -0.25) is 4.79 Å². The fourth-order valence-electron chi connectivity index (χ4n) is 6.84. The molecular weight excluding hydrogens is 316 g/mol. The maximum Gasteiger partial charge on any atom is 0.317 e. The number of hydrogen-bond donors (Lipinski definition) is 2. The lowest BCUT2D eigenvalue weighted by Crippen LogP contribution is -2.54. The maximum absolute atomic E-state index is 12.9. The first-order valence-corrected chi connectivity index (χ1v) is 9.92. The number of carbonyl (C=O) groups is 1. The zero-order chi connectivity index (χ0) is 17.6. The predicted octanol–water partition coefficient (Wildman–Crippen LogP) is 2.89. The zero-order valence-electron chi connectivity index (χ0n) is 15.1. The number of rotatable bonds is 1. The Morgan fingerprint density at radius 2 is 2.12 bits per heavy atom. The van der Waals surface area contributed by atoms with Gasteiger partial charge in [-0.2, -0.15) is 0 Å². The molecule has 2 N–H and O–H groups in total. The van der Waals surface area contributed by atoms with Crippen molar-refractivity contribution in [1.82, 2.24) is 0 Å². The van der Waals surface area contributed by atoms with E-state index in [2.05, 4.69) is 19.9 Å². The Morgan fingerprint density at radius 1 is 1.32 bits per heavy atom. The van der Waals surface area contributed by atoms with Crippen LogP contribution >= 0.6 is 0 Å². The Morgan fingerprint density at radius 3 is 2.88 bits per heavy atom. The van der Waals surface area contributed by atoms with Crippen molar-refractivity contribution < 1.29 is 19.7 Å². The van der Waals surface area contributed by atoms with E-state index in [1.165, 1.54) is 12.8 Å². The highest BCUT2D eigenvalue weighted by atomic mass is 16.6. The number of fused-ring (bicyclic) bond motifs is 3. The number of allylic oxidation sites excluding steroid dienone is 3. The summed E-state index contributed by atoms with van der Waals surface area (Å²) in [4.78, 5) is 12.9. The summed E-state index contributed by atoms with van der Waals surface area (Å²) in [5, 5.41) is 20.9. The normalized spacial score (nSPS) is 50.8. The topological polar surface area (TPSA) is 66.8 Å². The molecule has 2 fully saturated rings. The summed E-state index contributed by atoms with van der Waals surface area (Å²) < 4.78 is 5.54. The molecule has 0 aromatic rings. The van der Waals surface area contributed by atoms with Crippen LogP contribution in [0, 0.1) is 22.7 Å². The molecule has 4 aliphatic carbocycles. The van der Waals surface area contributed by atoms with Crippen LogP contribution in [0.15, 0.2) is 22.8 Å². The van der Waals surface area contributed by atoms with E-state index in [9.17, 15) is 15.0 Å². The first-order chi connectivity index (χ1) is 11.9. The third-order valence-electron chi connectivity index (χ3n) is 8.39. The molecule has 1 aliphatic heterocycles. The fraction of sp³-hybridized carbons (Fsp3) is 0.762. The van der Waals surface area contributed by atoms with E-state index >= 15 is 0 Å². The summed E-state index contributed by atoms with van der Waals surface area (Å²) in [5.74, 6) is 0.439. The fourth-order valence-corrected chi connectivity index (χ4v) is 6.84. The number of ether oxygens (including phenoxy) is 1. The third kappa shape index (κ3) is 1.78. The van der Waals surface area contributed by atoms with Crippen molar-refractivity contribution in [1.29, 1.82) is 0 Å². The molecule has 1 saturated carbocycles. The van der Waals surface area contributed by atoms with Crippen LogP contribution in [0.5, 0.6) is 0 Å². The van der Waals surface area contributed by atoms with Gasteiger partial charge >= 0.3 is 5.97 Å². The molecule has 5 rings (SSSR count). The van der Waals surface area contributed by atoms with E-state index < -0.39 is 23.7 Å². The van der Waals surface area contributed by atoms with Crippen LogP contribution in [-0.4, -0.2) is 34.5 Å². The van der Waals surface area contributed by atoms with Gasteiger partial charge in [0.1, 0.15) is 18.3 Å². The van der Waals surface area contributed by atoms with Crippen molar-refractivity contribution in [2.75, 3.05) is 0 Å². The average Bonchev–Trinajstić information content (AvgIpc) is 3.11. The van der Waals surface area contributed by atoms with Gasteiger partial charge in [-0.05, 0) is 61.3 Å². The lowest BCUT2D eigenvalue weighted by molar-refractivity contribution is -0.151. The van der Waals surface area contributed by atoms with E-state index in [4.69, 9.17) is 4.74 Å². The standard InChI is InChI=1S/C21H28O4/c1-3-20(2)9-8-12-11-4-5-15-17(22)18(23)16-10-21(15,19(24)25-16)14(11)7-6-13(12)20/h5,11,14,16-18,22-23H,3-4,6-10H2,1-2H3. The molecule has 0 radical (unpaired) electrons. The van der Waals surface area contributed by atoms with Gasteiger partial charge in [0.05, 0.1) is 5.41 Å². The lowest BCUT2D eigenvalue weighted by atomic mass is 9.51. The first-order valence-electron chi connectivity index (χ1n) is 9.92. The maximum atomic E-state index is 12.9. The van der Waals surface area contributed by atoms with Crippen LogP contribution in [-0.2, 0) is 9.53 Å². The second-order valence-corrected chi connectivity index (χ2v) is 9.12. The molecule has 4 nitrogen and oxygen atoms in total. The average molecular weight is 344 g/mol. The van der Waals surface area contributed by atoms with Crippen LogP contribution in [0.4, 0.5) is 0 Å². The van der Waals surface area contributed by atoms with Gasteiger partial charge in [0.2, 0.25) is 0 Å². The Kier molecular flexibility index (Phi) is 3.20. The minimum absolute atomic E-state index is 0.200. The largest absolute Gasteiger partial charge is 0.459 e. The minimum atomic E-state index is -0.976. The first kappa shape index (κ1) is 16.1. The van der Waals surface area contributed by atoms with Gasteiger partial charge < -0.3 is 14.9 Å². The van der Waals surface area contributed by atoms with Crippen molar-refractivity contribution in [3.8, 4) is 0 Å². The van der Waals surface area contributed by atoms with E-state index in [0.29, 0.717) is 17.8 Å². The third-order valence-corrected chi connectivity index (χ3v) is 8.39. The van der Waals surface area contributed by atoms with Gasteiger partial charge in [0.15, 0.2) is 0 Å². The van der Waals surface area contributed by atoms with Gasteiger partial charge in [-0.15, -0.1) is 0 Å². The van der Waals surface area contributed by atoms with Crippen molar-refractivity contribution in [3.05, 3.63) is 22.8 Å². The lowest BCUT2D eigenvalue weighted by Gasteiger charge is -2.50. The highest BCUT2D eigenvalue weighted by Crippen LogP contribution is 2.64. The molecule has 25 heavy (non-hydrogen) atoms. The quantitative estimate of drug-likeness (QED) is 0.567. The molecule has 0 aromatic carbocycles. The summed E-state index contributed by atoms with van der Waals surface area (Å²) >= 11 is 0. The van der Waals surface area contributed by atoms with E-state index in [1.54, 1.807) is 11.1 Å². The van der Waals surface area contributed by atoms with Gasteiger partial charge in [-0.1, -0.05) is 31.1 Å². The van der Waals surface area contributed by atoms with Crippen LogP contribution in [0.3, 0.4) is 0 Å². The Hall–Kier alpha value is -1.13. The van der Waals surface area contributed by atoms with E-state index in [-0.39, 0.29) is 11.9 Å². The highest BCUT2D eigenvalue weighted by molar-refractivity contribution is 5.85. The summed E-state index contributed by atoms with van der Waals surface area (Å²) in [6, 6.07) is 0. The molecule has 1 heterocycles. The minimum Gasteiger partial charge on any atom is -0.459 e. The van der Waals surface area contributed by atoms with Crippen molar-refractivity contribution in [3.63, 3.8) is 0 Å². The van der Waals surface area contributed by atoms with E-state index in [0.717, 1.165) is 31.3 Å². The molecule has 0 amide bonds. The molecule has 4 heteroatoms.